The topological polar surface area (TPSA) is 61.2 Å². The van der Waals surface area contributed by atoms with Crippen LogP contribution in [0.25, 0.3) is 0 Å². The van der Waals surface area contributed by atoms with Crippen LogP contribution in [0.1, 0.15) is 31.2 Å². The van der Waals surface area contributed by atoms with Crippen molar-refractivity contribution in [2.75, 3.05) is 13.1 Å². The molecule has 102 valence electrons. The highest BCUT2D eigenvalue weighted by Crippen LogP contribution is 2.24. The second kappa shape index (κ2) is 5.91. The lowest BCUT2D eigenvalue weighted by atomic mass is 10.2. The van der Waals surface area contributed by atoms with Gasteiger partial charge in [-0.3, -0.25) is 0 Å². The Balaban J connectivity index is 2.33. The third kappa shape index (κ3) is 3.08. The lowest BCUT2D eigenvalue weighted by molar-refractivity contribution is 0.424. The van der Waals surface area contributed by atoms with Crippen molar-refractivity contribution in [3.05, 3.63) is 28.8 Å². The molecule has 1 aliphatic heterocycles. The Kier molecular flexibility index (Phi) is 4.46. The molecule has 0 saturated carbocycles. The van der Waals surface area contributed by atoms with Gasteiger partial charge in [0.05, 0.1) is 15.5 Å². The molecule has 0 atom stereocenters. The van der Waals surface area contributed by atoms with E-state index in [0.717, 1.165) is 25.7 Å². The van der Waals surface area contributed by atoms with E-state index in [4.69, 9.17) is 16.9 Å². The fourth-order valence-corrected chi connectivity index (χ4v) is 4.01. The summed E-state index contributed by atoms with van der Waals surface area (Å²) in [5.41, 5.74) is 0.288. The smallest absolute Gasteiger partial charge is 0.207 e. The first-order valence-corrected chi connectivity index (χ1v) is 8.07. The molecule has 1 aliphatic rings. The van der Waals surface area contributed by atoms with Crippen LogP contribution in [0.5, 0.6) is 0 Å². The SMILES string of the molecule is N#Cc1ccc(S(=O)(=O)N2CCCCCC2)cc1Cl. The minimum atomic E-state index is -3.49. The van der Waals surface area contributed by atoms with Crippen LogP contribution >= 0.6 is 11.6 Å². The van der Waals surface area contributed by atoms with E-state index in [9.17, 15) is 8.42 Å². The highest BCUT2D eigenvalue weighted by Gasteiger charge is 2.25. The van der Waals surface area contributed by atoms with Crippen LogP contribution in [0.2, 0.25) is 5.02 Å². The Hall–Kier alpha value is -1.09. The maximum atomic E-state index is 12.5. The van der Waals surface area contributed by atoms with Crippen molar-refractivity contribution >= 4 is 21.6 Å². The number of benzene rings is 1. The molecule has 0 bridgehead atoms. The normalized spacial score (nSPS) is 17.7. The number of nitrogens with zero attached hydrogens (tertiary/aromatic N) is 2. The molecular formula is C13H15ClN2O2S. The Bertz CT molecular complexity index is 600. The van der Waals surface area contributed by atoms with Gasteiger partial charge in [0.2, 0.25) is 10.0 Å². The second-order valence-electron chi connectivity index (χ2n) is 4.57. The predicted octanol–water partition coefficient (Wildman–Crippen LogP) is 2.78. The van der Waals surface area contributed by atoms with E-state index in [1.807, 2.05) is 6.07 Å². The summed E-state index contributed by atoms with van der Waals surface area (Å²) in [5.74, 6) is 0. The lowest BCUT2D eigenvalue weighted by Crippen LogP contribution is -2.31. The number of hydrogen-bond donors (Lipinski definition) is 0. The minimum absolute atomic E-state index is 0.165. The monoisotopic (exact) mass is 298 g/mol. The van der Waals surface area contributed by atoms with Gasteiger partial charge < -0.3 is 0 Å². The van der Waals surface area contributed by atoms with Gasteiger partial charge in [0.25, 0.3) is 0 Å². The Morgan fingerprint density at radius 1 is 1.16 bits per heavy atom. The van der Waals surface area contributed by atoms with E-state index < -0.39 is 10.0 Å². The number of rotatable bonds is 2. The molecule has 19 heavy (non-hydrogen) atoms. The van der Waals surface area contributed by atoms with Crippen molar-refractivity contribution in [2.45, 2.75) is 30.6 Å². The van der Waals surface area contributed by atoms with E-state index in [-0.39, 0.29) is 15.5 Å². The van der Waals surface area contributed by atoms with Gasteiger partial charge in [-0.2, -0.15) is 9.57 Å². The lowest BCUT2D eigenvalue weighted by Gasteiger charge is -2.20. The molecule has 1 fully saturated rings. The standard InChI is InChI=1S/C13H15ClN2O2S/c14-13-9-12(6-5-11(13)10-15)19(17,18)16-7-3-1-2-4-8-16/h5-6,9H,1-4,7-8H2. The van der Waals surface area contributed by atoms with Gasteiger partial charge in [-0.05, 0) is 31.0 Å². The van der Waals surface area contributed by atoms with E-state index in [1.165, 1.54) is 22.5 Å². The average Bonchev–Trinajstić information content (AvgIpc) is 2.67. The van der Waals surface area contributed by atoms with Gasteiger partial charge in [-0.15, -0.1) is 0 Å². The minimum Gasteiger partial charge on any atom is -0.207 e. The van der Waals surface area contributed by atoms with Gasteiger partial charge in [0.15, 0.2) is 0 Å². The van der Waals surface area contributed by atoms with Crippen LogP contribution in [0, 0.1) is 11.3 Å². The molecule has 1 aromatic rings. The second-order valence-corrected chi connectivity index (χ2v) is 6.92. The van der Waals surface area contributed by atoms with Crippen molar-refractivity contribution in [3.63, 3.8) is 0 Å². The first-order chi connectivity index (χ1) is 9.05. The van der Waals surface area contributed by atoms with E-state index in [0.29, 0.717) is 13.1 Å². The van der Waals surface area contributed by atoms with Crippen LogP contribution in [-0.2, 0) is 10.0 Å². The summed E-state index contributed by atoms with van der Waals surface area (Å²) in [6.07, 6.45) is 3.92. The Labute approximate surface area is 118 Å². The first kappa shape index (κ1) is 14.3. The average molecular weight is 299 g/mol. The van der Waals surface area contributed by atoms with Gasteiger partial charge in [0, 0.05) is 13.1 Å². The summed E-state index contributed by atoms with van der Waals surface area (Å²) in [6, 6.07) is 6.19. The van der Waals surface area contributed by atoms with Gasteiger partial charge in [-0.25, -0.2) is 8.42 Å². The molecule has 0 aromatic heterocycles. The molecular weight excluding hydrogens is 284 g/mol. The van der Waals surface area contributed by atoms with E-state index in [2.05, 4.69) is 0 Å². The van der Waals surface area contributed by atoms with Crippen molar-refractivity contribution in [2.24, 2.45) is 0 Å². The van der Waals surface area contributed by atoms with Crippen molar-refractivity contribution in [1.82, 2.24) is 4.31 Å². The molecule has 1 heterocycles. The fraction of sp³-hybridized carbons (Fsp3) is 0.462. The first-order valence-electron chi connectivity index (χ1n) is 6.25. The predicted molar refractivity (Wildman–Crippen MR) is 73.4 cm³/mol. The molecule has 0 spiro atoms. The number of hydrogen-bond acceptors (Lipinski definition) is 3. The summed E-state index contributed by atoms with van der Waals surface area (Å²) < 4.78 is 26.5. The highest BCUT2D eigenvalue weighted by molar-refractivity contribution is 7.89. The molecule has 0 unspecified atom stereocenters. The third-order valence-electron chi connectivity index (χ3n) is 3.26. The van der Waals surface area contributed by atoms with E-state index in [1.54, 1.807) is 0 Å². The summed E-state index contributed by atoms with van der Waals surface area (Å²) in [7, 11) is -3.49. The molecule has 2 rings (SSSR count). The number of halogens is 1. The summed E-state index contributed by atoms with van der Waals surface area (Å²) in [5, 5.41) is 8.98. The van der Waals surface area contributed by atoms with Crippen LogP contribution in [0.3, 0.4) is 0 Å². The third-order valence-corrected chi connectivity index (χ3v) is 5.47. The van der Waals surface area contributed by atoms with Crippen LogP contribution in [0.15, 0.2) is 23.1 Å². The zero-order valence-electron chi connectivity index (χ0n) is 10.5. The molecule has 4 nitrogen and oxygen atoms in total. The summed E-state index contributed by atoms with van der Waals surface area (Å²) in [6.45, 7) is 1.11. The Morgan fingerprint density at radius 3 is 2.32 bits per heavy atom. The molecule has 0 N–H and O–H groups in total. The number of sulfonamides is 1. The van der Waals surface area contributed by atoms with Gasteiger partial charge in [-0.1, -0.05) is 24.4 Å². The molecule has 0 aliphatic carbocycles. The molecule has 1 saturated heterocycles. The zero-order valence-corrected chi connectivity index (χ0v) is 12.0. The molecule has 0 amide bonds. The van der Waals surface area contributed by atoms with E-state index >= 15 is 0 Å². The molecule has 1 aromatic carbocycles. The highest BCUT2D eigenvalue weighted by atomic mass is 35.5. The maximum absolute atomic E-state index is 12.5. The van der Waals surface area contributed by atoms with Crippen molar-refractivity contribution < 1.29 is 8.42 Å². The molecule has 6 heteroatoms. The quantitative estimate of drug-likeness (QED) is 0.843. The summed E-state index contributed by atoms with van der Waals surface area (Å²) in [4.78, 5) is 0.165. The van der Waals surface area contributed by atoms with Crippen molar-refractivity contribution in [3.8, 4) is 6.07 Å². The molecule has 0 radical (unpaired) electrons. The van der Waals surface area contributed by atoms with Gasteiger partial charge >= 0.3 is 0 Å². The van der Waals surface area contributed by atoms with Crippen LogP contribution < -0.4 is 0 Å². The maximum Gasteiger partial charge on any atom is 0.243 e. The van der Waals surface area contributed by atoms with Crippen LogP contribution in [-0.4, -0.2) is 25.8 Å². The zero-order chi connectivity index (χ0) is 13.9. The summed E-state index contributed by atoms with van der Waals surface area (Å²) >= 11 is 5.90. The van der Waals surface area contributed by atoms with Crippen LogP contribution in [0.4, 0.5) is 0 Å². The largest absolute Gasteiger partial charge is 0.243 e. The fourth-order valence-electron chi connectivity index (χ4n) is 2.18. The van der Waals surface area contributed by atoms with Gasteiger partial charge in [0.1, 0.15) is 6.07 Å². The van der Waals surface area contributed by atoms with Crippen molar-refractivity contribution in [1.29, 1.82) is 5.26 Å². The number of nitriles is 1. The Morgan fingerprint density at radius 2 is 1.79 bits per heavy atom.